The van der Waals surface area contributed by atoms with Crippen LogP contribution in [0.25, 0.3) is 22.0 Å². The molecule has 4 rings (SSSR count). The molecule has 4 aromatic rings. The third-order valence-electron chi connectivity index (χ3n) is 4.55. The van der Waals surface area contributed by atoms with Gasteiger partial charge in [0, 0.05) is 15.4 Å². The SMILES string of the molecule is COc1cccc(-c2cc(S(=O)(=O)c3cc(Cl)cc(Cl)c3)nc3ccc(F)cc23)c1. The highest BCUT2D eigenvalue weighted by Crippen LogP contribution is 2.34. The van der Waals surface area contributed by atoms with Crippen molar-refractivity contribution in [1.29, 1.82) is 0 Å². The molecule has 0 saturated heterocycles. The first kappa shape index (κ1) is 20.6. The van der Waals surface area contributed by atoms with Gasteiger partial charge in [-0.2, -0.15) is 0 Å². The zero-order valence-corrected chi connectivity index (χ0v) is 17.9. The lowest BCUT2D eigenvalue weighted by Gasteiger charge is -2.12. The quantitative estimate of drug-likeness (QED) is 0.363. The molecule has 0 atom stereocenters. The number of ether oxygens (including phenoxy) is 1. The van der Waals surface area contributed by atoms with Crippen molar-refractivity contribution in [2.24, 2.45) is 0 Å². The zero-order valence-electron chi connectivity index (χ0n) is 15.6. The van der Waals surface area contributed by atoms with Gasteiger partial charge in [-0.15, -0.1) is 0 Å². The largest absolute Gasteiger partial charge is 0.497 e. The van der Waals surface area contributed by atoms with Crippen LogP contribution < -0.4 is 4.74 Å². The molecule has 1 heterocycles. The first-order valence-corrected chi connectivity index (χ1v) is 11.0. The number of pyridine rings is 1. The lowest BCUT2D eigenvalue weighted by Crippen LogP contribution is -2.06. The summed E-state index contributed by atoms with van der Waals surface area (Å²) < 4.78 is 45.8. The number of rotatable bonds is 4. The maximum absolute atomic E-state index is 14.0. The minimum absolute atomic E-state index is 0.0782. The monoisotopic (exact) mass is 461 g/mol. The van der Waals surface area contributed by atoms with Crippen molar-refractivity contribution in [3.8, 4) is 16.9 Å². The van der Waals surface area contributed by atoms with Crippen LogP contribution in [0.5, 0.6) is 5.75 Å². The maximum Gasteiger partial charge on any atom is 0.223 e. The molecule has 0 fully saturated rings. The van der Waals surface area contributed by atoms with Gasteiger partial charge in [0.15, 0.2) is 5.03 Å². The van der Waals surface area contributed by atoms with E-state index >= 15 is 0 Å². The second-order valence-electron chi connectivity index (χ2n) is 6.51. The fourth-order valence-electron chi connectivity index (χ4n) is 3.15. The molecule has 0 bridgehead atoms. The number of aromatic nitrogens is 1. The lowest BCUT2D eigenvalue weighted by molar-refractivity contribution is 0.415. The highest BCUT2D eigenvalue weighted by atomic mass is 35.5. The molecule has 4 nitrogen and oxygen atoms in total. The number of benzene rings is 3. The summed E-state index contributed by atoms with van der Waals surface area (Å²) in [5.41, 5.74) is 1.50. The number of nitrogens with zero attached hydrogens (tertiary/aromatic N) is 1. The van der Waals surface area contributed by atoms with Gasteiger partial charge in [-0.1, -0.05) is 35.3 Å². The van der Waals surface area contributed by atoms with Gasteiger partial charge in [0.1, 0.15) is 11.6 Å². The predicted molar refractivity (Wildman–Crippen MR) is 116 cm³/mol. The Balaban J connectivity index is 2.01. The Labute approximate surface area is 182 Å². The van der Waals surface area contributed by atoms with Crippen LogP contribution in [0.15, 0.2) is 76.7 Å². The molecule has 1 aromatic heterocycles. The maximum atomic E-state index is 14.0. The minimum atomic E-state index is -4.04. The summed E-state index contributed by atoms with van der Waals surface area (Å²) >= 11 is 12.0. The Kier molecular flexibility index (Phi) is 5.40. The molecule has 0 aliphatic rings. The van der Waals surface area contributed by atoms with Gasteiger partial charge < -0.3 is 4.74 Å². The van der Waals surface area contributed by atoms with Gasteiger partial charge in [-0.25, -0.2) is 17.8 Å². The molecule has 0 amide bonds. The average molecular weight is 462 g/mol. The third-order valence-corrected chi connectivity index (χ3v) is 6.60. The molecule has 0 radical (unpaired) electrons. The zero-order chi connectivity index (χ0) is 21.5. The van der Waals surface area contributed by atoms with Gasteiger partial charge in [-0.05, 0) is 65.7 Å². The molecule has 3 aromatic carbocycles. The predicted octanol–water partition coefficient (Wildman–Crippen LogP) is 6.19. The number of fused-ring (bicyclic) bond motifs is 1. The molecule has 30 heavy (non-hydrogen) atoms. The number of methoxy groups -OCH3 is 1. The minimum Gasteiger partial charge on any atom is -0.497 e. The molecule has 0 unspecified atom stereocenters. The Hall–Kier alpha value is -2.67. The Morgan fingerprint density at radius 1 is 0.933 bits per heavy atom. The normalized spacial score (nSPS) is 11.6. The Bertz CT molecular complexity index is 1370. The summed E-state index contributed by atoms with van der Waals surface area (Å²) in [5, 5.41) is 0.665. The first-order valence-electron chi connectivity index (χ1n) is 8.74. The van der Waals surface area contributed by atoms with Gasteiger partial charge in [0.25, 0.3) is 0 Å². The van der Waals surface area contributed by atoms with Crippen LogP contribution >= 0.6 is 23.2 Å². The van der Waals surface area contributed by atoms with Crippen molar-refractivity contribution in [2.75, 3.05) is 7.11 Å². The van der Waals surface area contributed by atoms with E-state index in [-0.39, 0.29) is 20.0 Å². The topological polar surface area (TPSA) is 56.3 Å². The molecule has 0 N–H and O–H groups in total. The van der Waals surface area contributed by atoms with E-state index in [1.807, 2.05) is 0 Å². The highest BCUT2D eigenvalue weighted by molar-refractivity contribution is 7.91. The summed E-state index contributed by atoms with van der Waals surface area (Å²) in [6.07, 6.45) is 0. The van der Waals surface area contributed by atoms with E-state index < -0.39 is 15.7 Å². The van der Waals surface area contributed by atoms with Crippen LogP contribution in [0.3, 0.4) is 0 Å². The fraction of sp³-hybridized carbons (Fsp3) is 0.0455. The van der Waals surface area contributed by atoms with Crippen molar-refractivity contribution in [1.82, 2.24) is 4.98 Å². The molecule has 0 spiro atoms. The van der Waals surface area contributed by atoms with E-state index in [0.717, 1.165) is 0 Å². The van der Waals surface area contributed by atoms with E-state index in [1.54, 1.807) is 24.3 Å². The third kappa shape index (κ3) is 3.86. The first-order chi connectivity index (χ1) is 14.3. The standard InChI is InChI=1S/C22H14Cl2FNO3S/c1-29-17-4-2-3-13(7-17)19-12-22(26-21-6-5-16(25)11-20(19)21)30(27,28)18-9-14(23)8-15(24)10-18/h2-12H,1H3. The van der Waals surface area contributed by atoms with Crippen LogP contribution in [-0.4, -0.2) is 20.5 Å². The molecular formula is C22H14Cl2FNO3S. The fourth-order valence-corrected chi connectivity index (χ4v) is 5.10. The smallest absolute Gasteiger partial charge is 0.223 e. The number of hydrogen-bond acceptors (Lipinski definition) is 4. The van der Waals surface area contributed by atoms with E-state index in [2.05, 4.69) is 4.98 Å². The van der Waals surface area contributed by atoms with Crippen molar-refractivity contribution in [2.45, 2.75) is 9.92 Å². The Morgan fingerprint density at radius 3 is 2.37 bits per heavy atom. The number of halogens is 3. The van der Waals surface area contributed by atoms with E-state index in [9.17, 15) is 12.8 Å². The molecule has 152 valence electrons. The van der Waals surface area contributed by atoms with Crippen molar-refractivity contribution >= 4 is 43.9 Å². The lowest BCUT2D eigenvalue weighted by atomic mass is 10.0. The number of sulfone groups is 1. The van der Waals surface area contributed by atoms with Gasteiger partial charge in [-0.3, -0.25) is 0 Å². The number of hydrogen-bond donors (Lipinski definition) is 0. The summed E-state index contributed by atoms with van der Waals surface area (Å²) in [4.78, 5) is 4.20. The molecule has 0 aliphatic carbocycles. The summed E-state index contributed by atoms with van der Waals surface area (Å²) in [6.45, 7) is 0. The average Bonchev–Trinajstić information content (AvgIpc) is 2.72. The van der Waals surface area contributed by atoms with Crippen molar-refractivity contribution < 1.29 is 17.5 Å². The van der Waals surface area contributed by atoms with Crippen LogP contribution in [-0.2, 0) is 9.84 Å². The second-order valence-corrected chi connectivity index (χ2v) is 9.28. The van der Waals surface area contributed by atoms with Gasteiger partial charge in [0.2, 0.25) is 9.84 Å². The van der Waals surface area contributed by atoms with Gasteiger partial charge in [0.05, 0.1) is 17.5 Å². The second kappa shape index (κ2) is 7.87. The highest BCUT2D eigenvalue weighted by Gasteiger charge is 2.23. The molecule has 0 saturated carbocycles. The molecular weight excluding hydrogens is 448 g/mol. The van der Waals surface area contributed by atoms with Crippen LogP contribution in [0, 0.1) is 5.82 Å². The molecule has 0 aliphatic heterocycles. The van der Waals surface area contributed by atoms with Crippen LogP contribution in [0.4, 0.5) is 4.39 Å². The summed E-state index contributed by atoms with van der Waals surface area (Å²) in [7, 11) is -2.51. The van der Waals surface area contributed by atoms with Gasteiger partial charge >= 0.3 is 0 Å². The van der Waals surface area contributed by atoms with Crippen LogP contribution in [0.1, 0.15) is 0 Å². The summed E-state index contributed by atoms with van der Waals surface area (Å²) in [5.74, 6) is 0.130. The van der Waals surface area contributed by atoms with E-state index in [1.165, 1.54) is 49.6 Å². The molecule has 8 heteroatoms. The Morgan fingerprint density at radius 2 is 1.67 bits per heavy atom. The van der Waals surface area contributed by atoms with Crippen molar-refractivity contribution in [3.05, 3.63) is 82.6 Å². The van der Waals surface area contributed by atoms with E-state index in [0.29, 0.717) is 27.8 Å². The van der Waals surface area contributed by atoms with Crippen LogP contribution in [0.2, 0.25) is 10.0 Å². The summed E-state index contributed by atoms with van der Waals surface area (Å²) in [6, 6.07) is 16.5. The van der Waals surface area contributed by atoms with Crippen molar-refractivity contribution in [3.63, 3.8) is 0 Å². The van der Waals surface area contributed by atoms with E-state index in [4.69, 9.17) is 27.9 Å².